The van der Waals surface area contributed by atoms with Crippen LogP contribution in [-0.2, 0) is 0 Å². The zero-order valence-corrected chi connectivity index (χ0v) is 9.41. The van der Waals surface area contributed by atoms with Gasteiger partial charge in [0, 0.05) is 12.5 Å². The van der Waals surface area contributed by atoms with Crippen LogP contribution in [0.4, 0.5) is 0 Å². The highest BCUT2D eigenvalue weighted by Gasteiger charge is 2.25. The molecule has 2 fully saturated rings. The van der Waals surface area contributed by atoms with Gasteiger partial charge < -0.3 is 5.32 Å². The fourth-order valence-corrected chi connectivity index (χ4v) is 2.51. The Morgan fingerprint density at radius 1 is 1.25 bits per heavy atom. The van der Waals surface area contributed by atoms with Crippen LogP contribution in [0, 0.1) is 0 Å². The first-order valence-corrected chi connectivity index (χ1v) is 6.24. The first kappa shape index (κ1) is 10.1. The van der Waals surface area contributed by atoms with Gasteiger partial charge in [0.25, 0.3) is 0 Å². The highest BCUT2D eigenvalue weighted by Crippen LogP contribution is 2.33. The molecule has 5 heteroatoms. The molecular weight excluding hydrogens is 204 g/mol. The summed E-state index contributed by atoms with van der Waals surface area (Å²) in [7, 11) is 0. The van der Waals surface area contributed by atoms with Crippen LogP contribution in [0.5, 0.6) is 0 Å². The largest absolute Gasteiger partial charge is 0.343 e. The molecule has 0 aromatic carbocycles. The molecule has 0 amide bonds. The van der Waals surface area contributed by atoms with E-state index >= 15 is 0 Å². The van der Waals surface area contributed by atoms with Gasteiger partial charge in [-0.05, 0) is 32.2 Å². The third kappa shape index (κ3) is 1.69. The molecule has 1 atom stereocenters. The molecule has 1 saturated carbocycles. The summed E-state index contributed by atoms with van der Waals surface area (Å²) in [5.74, 6) is 1.41. The van der Waals surface area contributed by atoms with Gasteiger partial charge in [-0.2, -0.15) is 5.10 Å². The number of aromatic nitrogens is 3. The van der Waals surface area contributed by atoms with Crippen molar-refractivity contribution in [3.63, 3.8) is 0 Å². The van der Waals surface area contributed by atoms with E-state index in [9.17, 15) is 4.79 Å². The summed E-state index contributed by atoms with van der Waals surface area (Å²) >= 11 is 0. The van der Waals surface area contributed by atoms with E-state index in [0.717, 1.165) is 31.8 Å². The molecule has 2 N–H and O–H groups in total. The molecule has 5 nitrogen and oxygen atoms in total. The van der Waals surface area contributed by atoms with Crippen LogP contribution in [-0.4, -0.2) is 27.9 Å². The molecule has 1 aromatic heterocycles. The molecule has 3 rings (SSSR count). The Bertz CT molecular complexity index is 412. The average Bonchev–Trinajstić information content (AvgIpc) is 2.59. The number of hydrogen-bond acceptors (Lipinski definition) is 3. The minimum Gasteiger partial charge on any atom is -0.315 e. The third-order valence-electron chi connectivity index (χ3n) is 3.77. The van der Waals surface area contributed by atoms with Crippen molar-refractivity contribution >= 4 is 0 Å². The summed E-state index contributed by atoms with van der Waals surface area (Å²) in [6, 6.07) is 0.242. The second kappa shape index (κ2) is 4.05. The fourth-order valence-electron chi connectivity index (χ4n) is 2.51. The molecule has 1 aromatic rings. The van der Waals surface area contributed by atoms with Crippen LogP contribution in [0.2, 0.25) is 0 Å². The molecule has 0 radical (unpaired) electrons. The standard InChI is InChI=1S/C11H18N4O/c16-11-13-10(8-3-1-4-8)14-15(11)9-5-2-6-12-7-9/h8-9,12H,1-7H2,(H,13,14,16). The average molecular weight is 222 g/mol. The van der Waals surface area contributed by atoms with Crippen molar-refractivity contribution in [2.75, 3.05) is 13.1 Å². The van der Waals surface area contributed by atoms with Gasteiger partial charge in [-0.3, -0.25) is 4.98 Å². The van der Waals surface area contributed by atoms with Gasteiger partial charge in [-0.1, -0.05) is 6.42 Å². The maximum absolute atomic E-state index is 11.8. The molecule has 1 aliphatic carbocycles. The number of rotatable bonds is 2. The van der Waals surface area contributed by atoms with Gasteiger partial charge in [0.1, 0.15) is 5.82 Å². The number of hydrogen-bond donors (Lipinski definition) is 2. The Labute approximate surface area is 94.2 Å². The lowest BCUT2D eigenvalue weighted by molar-refractivity contribution is 0.332. The number of aromatic amines is 1. The minimum atomic E-state index is -0.0319. The number of H-pyrrole nitrogens is 1. The van der Waals surface area contributed by atoms with Crippen molar-refractivity contribution < 1.29 is 0 Å². The molecule has 1 unspecified atom stereocenters. The van der Waals surface area contributed by atoms with Crippen molar-refractivity contribution in [2.24, 2.45) is 0 Å². The quantitative estimate of drug-likeness (QED) is 0.776. The highest BCUT2D eigenvalue weighted by molar-refractivity contribution is 4.99. The van der Waals surface area contributed by atoms with Gasteiger partial charge >= 0.3 is 5.69 Å². The molecule has 0 bridgehead atoms. The molecule has 16 heavy (non-hydrogen) atoms. The predicted octanol–water partition coefficient (Wildman–Crippen LogP) is 0.763. The van der Waals surface area contributed by atoms with Crippen LogP contribution in [0.1, 0.15) is 49.9 Å². The molecule has 2 aliphatic rings. The first-order chi connectivity index (χ1) is 7.84. The lowest BCUT2D eigenvalue weighted by Crippen LogP contribution is -2.36. The first-order valence-electron chi connectivity index (χ1n) is 6.24. The van der Waals surface area contributed by atoms with Crippen LogP contribution in [0.3, 0.4) is 0 Å². The summed E-state index contributed by atoms with van der Waals surface area (Å²) in [6.45, 7) is 1.93. The zero-order valence-electron chi connectivity index (χ0n) is 9.41. The summed E-state index contributed by atoms with van der Waals surface area (Å²) < 4.78 is 1.65. The monoisotopic (exact) mass is 222 g/mol. The van der Waals surface area contributed by atoms with Crippen molar-refractivity contribution in [1.29, 1.82) is 0 Å². The maximum Gasteiger partial charge on any atom is 0.343 e. The Hall–Kier alpha value is -1.10. The van der Waals surface area contributed by atoms with E-state index in [2.05, 4.69) is 15.4 Å². The van der Waals surface area contributed by atoms with E-state index in [1.807, 2.05) is 0 Å². The summed E-state index contributed by atoms with van der Waals surface area (Å²) in [6.07, 6.45) is 5.81. The van der Waals surface area contributed by atoms with E-state index in [1.165, 1.54) is 19.3 Å². The van der Waals surface area contributed by atoms with Crippen LogP contribution < -0.4 is 11.0 Å². The van der Waals surface area contributed by atoms with E-state index in [0.29, 0.717) is 5.92 Å². The smallest absolute Gasteiger partial charge is 0.315 e. The zero-order chi connectivity index (χ0) is 11.0. The van der Waals surface area contributed by atoms with Gasteiger partial charge in [0.05, 0.1) is 6.04 Å². The van der Waals surface area contributed by atoms with Gasteiger partial charge in [-0.15, -0.1) is 0 Å². The van der Waals surface area contributed by atoms with Crippen molar-refractivity contribution in [1.82, 2.24) is 20.1 Å². The number of nitrogens with one attached hydrogen (secondary N) is 2. The Balaban J connectivity index is 1.82. The highest BCUT2D eigenvalue weighted by atomic mass is 16.2. The van der Waals surface area contributed by atoms with Gasteiger partial charge in [0.15, 0.2) is 0 Å². The lowest BCUT2D eigenvalue weighted by atomic mass is 9.85. The van der Waals surface area contributed by atoms with E-state index in [-0.39, 0.29) is 11.7 Å². The number of nitrogens with zero attached hydrogens (tertiary/aromatic N) is 2. The SMILES string of the molecule is O=c1[nH]c(C2CCC2)nn1C1CCCNC1. The van der Waals surface area contributed by atoms with Crippen LogP contribution >= 0.6 is 0 Å². The Morgan fingerprint density at radius 3 is 2.75 bits per heavy atom. The van der Waals surface area contributed by atoms with Crippen LogP contribution in [0.25, 0.3) is 0 Å². The molecule has 0 spiro atoms. The van der Waals surface area contributed by atoms with Crippen molar-refractivity contribution in [3.8, 4) is 0 Å². The van der Waals surface area contributed by atoms with E-state index in [1.54, 1.807) is 4.68 Å². The Morgan fingerprint density at radius 2 is 2.12 bits per heavy atom. The maximum atomic E-state index is 11.8. The summed E-state index contributed by atoms with van der Waals surface area (Å²) in [5.41, 5.74) is -0.0319. The summed E-state index contributed by atoms with van der Waals surface area (Å²) in [4.78, 5) is 14.7. The molecule has 1 aliphatic heterocycles. The molecule has 1 saturated heterocycles. The normalized spacial score (nSPS) is 26.6. The van der Waals surface area contributed by atoms with E-state index < -0.39 is 0 Å². The van der Waals surface area contributed by atoms with Crippen LogP contribution in [0.15, 0.2) is 4.79 Å². The second-order valence-electron chi connectivity index (χ2n) is 4.89. The fraction of sp³-hybridized carbons (Fsp3) is 0.818. The summed E-state index contributed by atoms with van der Waals surface area (Å²) in [5, 5.41) is 7.78. The van der Waals surface area contributed by atoms with Gasteiger partial charge in [-0.25, -0.2) is 9.48 Å². The van der Waals surface area contributed by atoms with E-state index in [4.69, 9.17) is 0 Å². The number of piperidine rings is 1. The predicted molar refractivity (Wildman–Crippen MR) is 60.6 cm³/mol. The third-order valence-corrected chi connectivity index (χ3v) is 3.77. The minimum absolute atomic E-state index is 0.0319. The molecule has 88 valence electrons. The molecule has 2 heterocycles. The topological polar surface area (TPSA) is 62.7 Å². The lowest BCUT2D eigenvalue weighted by Gasteiger charge is -2.23. The Kier molecular flexibility index (Phi) is 2.55. The molecular formula is C11H18N4O. The second-order valence-corrected chi connectivity index (χ2v) is 4.89. The van der Waals surface area contributed by atoms with Gasteiger partial charge in [0.2, 0.25) is 0 Å². The van der Waals surface area contributed by atoms with Crippen molar-refractivity contribution in [2.45, 2.75) is 44.1 Å². The van der Waals surface area contributed by atoms with Crippen molar-refractivity contribution in [3.05, 3.63) is 16.3 Å².